The number of rotatable bonds is 5. The monoisotopic (exact) mass is 285 g/mol. The molecule has 0 bridgehead atoms. The standard InChI is InChI=1S/C18H23NS/c1-13(2)15-8-10-16(11-9-15)20-12-18(19)17-7-5-4-6-14(17)3/h4-11,13,18H,12,19H2,1-3H3. The first-order valence-corrected chi connectivity index (χ1v) is 8.10. The van der Waals surface area contributed by atoms with Crippen LogP contribution >= 0.6 is 11.8 Å². The predicted octanol–water partition coefficient (Wildman–Crippen LogP) is 4.91. The lowest BCUT2D eigenvalue weighted by Gasteiger charge is -2.14. The van der Waals surface area contributed by atoms with Crippen molar-refractivity contribution in [2.24, 2.45) is 5.73 Å². The molecular weight excluding hydrogens is 262 g/mol. The van der Waals surface area contributed by atoms with Gasteiger partial charge in [0.05, 0.1) is 0 Å². The van der Waals surface area contributed by atoms with Crippen LogP contribution in [-0.4, -0.2) is 5.75 Å². The van der Waals surface area contributed by atoms with Crippen LogP contribution in [0.15, 0.2) is 53.4 Å². The van der Waals surface area contributed by atoms with Crippen molar-refractivity contribution in [3.63, 3.8) is 0 Å². The first-order chi connectivity index (χ1) is 9.58. The highest BCUT2D eigenvalue weighted by Gasteiger charge is 2.09. The second kappa shape index (κ2) is 6.96. The average molecular weight is 285 g/mol. The normalized spacial score (nSPS) is 12.7. The van der Waals surface area contributed by atoms with Gasteiger partial charge in [0, 0.05) is 16.7 Å². The summed E-state index contributed by atoms with van der Waals surface area (Å²) in [6.07, 6.45) is 0. The van der Waals surface area contributed by atoms with E-state index in [1.54, 1.807) is 0 Å². The molecule has 2 rings (SSSR count). The van der Waals surface area contributed by atoms with Crippen LogP contribution in [0.4, 0.5) is 0 Å². The van der Waals surface area contributed by atoms with E-state index in [4.69, 9.17) is 5.73 Å². The zero-order chi connectivity index (χ0) is 14.5. The van der Waals surface area contributed by atoms with E-state index in [-0.39, 0.29) is 6.04 Å². The highest BCUT2D eigenvalue weighted by atomic mass is 32.2. The highest BCUT2D eigenvalue weighted by molar-refractivity contribution is 7.99. The Balaban J connectivity index is 1.96. The Hall–Kier alpha value is -1.25. The molecule has 0 aliphatic carbocycles. The molecule has 2 N–H and O–H groups in total. The highest BCUT2D eigenvalue weighted by Crippen LogP contribution is 2.26. The molecule has 1 unspecified atom stereocenters. The maximum absolute atomic E-state index is 6.30. The SMILES string of the molecule is Cc1ccccc1C(N)CSc1ccc(C(C)C)cc1. The van der Waals surface area contributed by atoms with E-state index in [1.807, 2.05) is 11.8 Å². The molecule has 0 amide bonds. The van der Waals surface area contributed by atoms with Gasteiger partial charge in [0.1, 0.15) is 0 Å². The molecule has 0 aliphatic heterocycles. The van der Waals surface area contributed by atoms with Crippen LogP contribution in [0, 0.1) is 6.92 Å². The fraction of sp³-hybridized carbons (Fsp3) is 0.333. The van der Waals surface area contributed by atoms with Crippen molar-refractivity contribution in [1.82, 2.24) is 0 Å². The topological polar surface area (TPSA) is 26.0 Å². The summed E-state index contributed by atoms with van der Waals surface area (Å²) in [4.78, 5) is 1.29. The quantitative estimate of drug-likeness (QED) is 0.790. The average Bonchev–Trinajstić information content (AvgIpc) is 2.45. The Kier molecular flexibility index (Phi) is 5.27. The lowest BCUT2D eigenvalue weighted by atomic mass is 10.0. The lowest BCUT2D eigenvalue weighted by Crippen LogP contribution is -2.14. The third kappa shape index (κ3) is 3.87. The van der Waals surface area contributed by atoms with Gasteiger partial charge >= 0.3 is 0 Å². The lowest BCUT2D eigenvalue weighted by molar-refractivity contribution is 0.822. The predicted molar refractivity (Wildman–Crippen MR) is 89.4 cm³/mol. The van der Waals surface area contributed by atoms with Crippen LogP contribution in [0.1, 0.15) is 42.5 Å². The van der Waals surface area contributed by atoms with Gasteiger partial charge in [-0.25, -0.2) is 0 Å². The second-order valence-corrected chi connectivity index (χ2v) is 6.59. The van der Waals surface area contributed by atoms with E-state index in [1.165, 1.54) is 21.6 Å². The van der Waals surface area contributed by atoms with Crippen LogP contribution < -0.4 is 5.73 Å². The number of thioether (sulfide) groups is 1. The number of benzene rings is 2. The minimum atomic E-state index is 0.0889. The summed E-state index contributed by atoms with van der Waals surface area (Å²) in [5, 5.41) is 0. The number of hydrogen-bond acceptors (Lipinski definition) is 2. The maximum Gasteiger partial charge on any atom is 0.0392 e. The van der Waals surface area contributed by atoms with E-state index in [0.29, 0.717) is 5.92 Å². The molecule has 0 aromatic heterocycles. The number of hydrogen-bond donors (Lipinski definition) is 1. The molecule has 0 fully saturated rings. The van der Waals surface area contributed by atoms with Gasteiger partial charge in [0.2, 0.25) is 0 Å². The first kappa shape index (κ1) is 15.1. The summed E-state index contributed by atoms with van der Waals surface area (Å²) in [5.41, 5.74) is 10.2. The van der Waals surface area contributed by atoms with Gasteiger partial charge in [0.25, 0.3) is 0 Å². The molecule has 0 spiro atoms. The smallest absolute Gasteiger partial charge is 0.0392 e. The van der Waals surface area contributed by atoms with Crippen molar-refractivity contribution in [3.05, 3.63) is 65.2 Å². The zero-order valence-electron chi connectivity index (χ0n) is 12.5. The Bertz CT molecular complexity index is 546. The fourth-order valence-corrected chi connectivity index (χ4v) is 3.11. The van der Waals surface area contributed by atoms with Crippen molar-refractivity contribution in [2.75, 3.05) is 5.75 Å². The third-order valence-corrected chi connectivity index (χ3v) is 4.70. The molecule has 1 atom stereocenters. The summed E-state index contributed by atoms with van der Waals surface area (Å²) in [7, 11) is 0. The molecule has 20 heavy (non-hydrogen) atoms. The molecule has 2 aromatic rings. The van der Waals surface area contributed by atoms with Gasteiger partial charge in [-0.1, -0.05) is 50.2 Å². The van der Waals surface area contributed by atoms with Gasteiger partial charge in [0.15, 0.2) is 0 Å². The second-order valence-electron chi connectivity index (χ2n) is 5.50. The Morgan fingerprint density at radius 2 is 1.65 bits per heavy atom. The van der Waals surface area contributed by atoms with Gasteiger partial charge in [-0.2, -0.15) is 0 Å². The van der Waals surface area contributed by atoms with Gasteiger partial charge in [-0.3, -0.25) is 0 Å². The van der Waals surface area contributed by atoms with Crippen LogP contribution in [0.25, 0.3) is 0 Å². The Morgan fingerprint density at radius 1 is 1.00 bits per heavy atom. The van der Waals surface area contributed by atoms with Gasteiger partial charge < -0.3 is 5.73 Å². The van der Waals surface area contributed by atoms with Crippen LogP contribution in [0.3, 0.4) is 0 Å². The molecule has 2 heteroatoms. The van der Waals surface area contributed by atoms with Crippen LogP contribution in [0.5, 0.6) is 0 Å². The van der Waals surface area contributed by atoms with Gasteiger partial charge in [-0.05, 0) is 41.7 Å². The molecule has 1 nitrogen and oxygen atoms in total. The molecule has 0 heterocycles. The van der Waals surface area contributed by atoms with Crippen molar-refractivity contribution < 1.29 is 0 Å². The summed E-state index contributed by atoms with van der Waals surface area (Å²) in [5.74, 6) is 1.49. The van der Waals surface area contributed by atoms with Crippen molar-refractivity contribution in [2.45, 2.75) is 37.6 Å². The summed E-state index contributed by atoms with van der Waals surface area (Å²) < 4.78 is 0. The van der Waals surface area contributed by atoms with Crippen molar-refractivity contribution >= 4 is 11.8 Å². The van der Waals surface area contributed by atoms with Crippen molar-refractivity contribution in [3.8, 4) is 0 Å². The molecule has 0 radical (unpaired) electrons. The molecule has 0 aliphatic rings. The molecule has 0 saturated heterocycles. The zero-order valence-corrected chi connectivity index (χ0v) is 13.3. The van der Waals surface area contributed by atoms with Crippen LogP contribution in [0.2, 0.25) is 0 Å². The molecular formula is C18H23NS. The van der Waals surface area contributed by atoms with E-state index in [0.717, 1.165) is 5.75 Å². The third-order valence-electron chi connectivity index (χ3n) is 3.56. The van der Waals surface area contributed by atoms with E-state index >= 15 is 0 Å². The largest absolute Gasteiger partial charge is 0.323 e. The number of nitrogens with two attached hydrogens (primary N) is 1. The fourth-order valence-electron chi connectivity index (χ4n) is 2.23. The van der Waals surface area contributed by atoms with E-state index in [2.05, 4.69) is 69.3 Å². The maximum atomic E-state index is 6.30. The molecule has 0 saturated carbocycles. The molecule has 2 aromatic carbocycles. The first-order valence-electron chi connectivity index (χ1n) is 7.12. The summed E-state index contributed by atoms with van der Waals surface area (Å²) in [6.45, 7) is 6.56. The minimum absolute atomic E-state index is 0.0889. The minimum Gasteiger partial charge on any atom is -0.323 e. The van der Waals surface area contributed by atoms with E-state index < -0.39 is 0 Å². The number of aryl methyl sites for hydroxylation is 1. The summed E-state index contributed by atoms with van der Waals surface area (Å²) >= 11 is 1.83. The van der Waals surface area contributed by atoms with Crippen LogP contribution in [-0.2, 0) is 0 Å². The molecule has 106 valence electrons. The summed E-state index contributed by atoms with van der Waals surface area (Å²) in [6, 6.07) is 17.3. The Morgan fingerprint density at radius 3 is 2.25 bits per heavy atom. The van der Waals surface area contributed by atoms with Gasteiger partial charge in [-0.15, -0.1) is 11.8 Å². The van der Waals surface area contributed by atoms with E-state index in [9.17, 15) is 0 Å². The van der Waals surface area contributed by atoms with Crippen molar-refractivity contribution in [1.29, 1.82) is 0 Å². The Labute approximate surface area is 126 Å².